The lowest BCUT2D eigenvalue weighted by Gasteiger charge is -2.11. The number of rotatable bonds is 5. The van der Waals surface area contributed by atoms with E-state index in [1.807, 2.05) is 19.9 Å². The Bertz CT molecular complexity index is 444. The number of anilines is 2. The van der Waals surface area contributed by atoms with Gasteiger partial charge in [-0.2, -0.15) is 0 Å². The van der Waals surface area contributed by atoms with Crippen LogP contribution in [0.4, 0.5) is 11.4 Å². The summed E-state index contributed by atoms with van der Waals surface area (Å²) in [5.74, 6) is -0.285. The maximum absolute atomic E-state index is 11.5. The molecule has 0 aliphatic rings. The van der Waals surface area contributed by atoms with Gasteiger partial charge in [0.05, 0.1) is 6.54 Å². The fraction of sp³-hybridized carbons (Fsp3) is 0.385. The Morgan fingerprint density at radius 1 is 1.22 bits per heavy atom. The summed E-state index contributed by atoms with van der Waals surface area (Å²) in [5, 5.41) is 5.47. The third kappa shape index (κ3) is 4.18. The zero-order valence-corrected chi connectivity index (χ0v) is 10.7. The first kappa shape index (κ1) is 14.2. The molecule has 0 aliphatic heterocycles. The molecule has 0 bridgehead atoms. The maximum Gasteiger partial charge on any atom is 0.238 e. The molecule has 5 heteroatoms. The van der Waals surface area contributed by atoms with E-state index in [9.17, 15) is 9.59 Å². The summed E-state index contributed by atoms with van der Waals surface area (Å²) in [6.45, 7) is 3.78. The second kappa shape index (κ2) is 6.76. The molecule has 1 aromatic carbocycles. The number of hydrogen-bond donors (Lipinski definition) is 3. The highest BCUT2D eigenvalue weighted by molar-refractivity contribution is 5.95. The number of nitrogens with one attached hydrogen (secondary N) is 2. The van der Waals surface area contributed by atoms with Crippen LogP contribution in [0.3, 0.4) is 0 Å². The van der Waals surface area contributed by atoms with Crippen molar-refractivity contribution >= 4 is 23.2 Å². The van der Waals surface area contributed by atoms with Crippen LogP contribution in [0.15, 0.2) is 18.2 Å². The zero-order chi connectivity index (χ0) is 13.5. The van der Waals surface area contributed by atoms with Gasteiger partial charge in [-0.05, 0) is 31.0 Å². The lowest BCUT2D eigenvalue weighted by atomic mass is 10.1. The van der Waals surface area contributed by atoms with Crippen LogP contribution >= 0.6 is 0 Å². The minimum absolute atomic E-state index is 0.0251. The highest BCUT2D eigenvalue weighted by Crippen LogP contribution is 2.20. The number of carbonyl (C=O) groups is 2. The van der Waals surface area contributed by atoms with Crippen LogP contribution in [0.1, 0.15) is 25.3 Å². The van der Waals surface area contributed by atoms with Crippen molar-refractivity contribution in [1.29, 1.82) is 0 Å². The predicted octanol–water partition coefficient (Wildman–Crippen LogP) is 1.63. The second-order valence-electron chi connectivity index (χ2n) is 4.08. The molecule has 98 valence electrons. The maximum atomic E-state index is 11.5. The van der Waals surface area contributed by atoms with Crippen molar-refractivity contribution in [3.05, 3.63) is 23.8 Å². The largest absolute Gasteiger partial charge is 0.326 e. The lowest BCUT2D eigenvalue weighted by Crippen LogP contribution is -2.22. The van der Waals surface area contributed by atoms with E-state index in [0.717, 1.165) is 12.0 Å². The van der Waals surface area contributed by atoms with Gasteiger partial charge in [0.15, 0.2) is 0 Å². The molecule has 1 rings (SSSR count). The second-order valence-corrected chi connectivity index (χ2v) is 4.08. The molecule has 0 radical (unpaired) electrons. The average Bonchev–Trinajstić information content (AvgIpc) is 2.33. The van der Waals surface area contributed by atoms with E-state index in [1.165, 1.54) is 0 Å². The summed E-state index contributed by atoms with van der Waals surface area (Å²) in [5.41, 5.74) is 7.51. The van der Waals surface area contributed by atoms with Gasteiger partial charge >= 0.3 is 0 Å². The normalized spacial score (nSPS) is 9.94. The summed E-state index contributed by atoms with van der Waals surface area (Å²) in [4.78, 5) is 22.7. The molecule has 2 amide bonds. The Hall–Kier alpha value is -1.88. The molecule has 0 aromatic heterocycles. The van der Waals surface area contributed by atoms with Crippen LogP contribution in [0.25, 0.3) is 0 Å². The van der Waals surface area contributed by atoms with E-state index in [0.29, 0.717) is 17.8 Å². The van der Waals surface area contributed by atoms with Crippen LogP contribution in [-0.4, -0.2) is 18.4 Å². The predicted molar refractivity (Wildman–Crippen MR) is 72.4 cm³/mol. The summed E-state index contributed by atoms with van der Waals surface area (Å²) in [6, 6.07) is 5.35. The van der Waals surface area contributed by atoms with Crippen molar-refractivity contribution < 1.29 is 9.59 Å². The molecule has 0 fully saturated rings. The van der Waals surface area contributed by atoms with Crippen molar-refractivity contribution in [1.82, 2.24) is 0 Å². The van der Waals surface area contributed by atoms with Crippen LogP contribution in [0.2, 0.25) is 0 Å². The number of amides is 2. The third-order valence-corrected chi connectivity index (χ3v) is 2.46. The fourth-order valence-electron chi connectivity index (χ4n) is 1.49. The van der Waals surface area contributed by atoms with E-state index < -0.39 is 0 Å². The average molecular weight is 249 g/mol. The van der Waals surface area contributed by atoms with Gasteiger partial charge in [-0.25, -0.2) is 0 Å². The summed E-state index contributed by atoms with van der Waals surface area (Å²) in [7, 11) is 0. The molecule has 0 heterocycles. The standard InChI is InChI=1S/C13H19N3O2/c1-3-4-12(17)16-11-7-10(6-5-9(11)2)15-13(18)8-14/h5-7H,3-4,8,14H2,1-2H3,(H,15,18)(H,16,17). The summed E-state index contributed by atoms with van der Waals surface area (Å²) < 4.78 is 0. The molecule has 0 saturated carbocycles. The molecular weight excluding hydrogens is 230 g/mol. The first-order valence-electron chi connectivity index (χ1n) is 5.97. The topological polar surface area (TPSA) is 84.2 Å². The zero-order valence-electron chi connectivity index (χ0n) is 10.7. The molecule has 0 saturated heterocycles. The smallest absolute Gasteiger partial charge is 0.238 e. The van der Waals surface area contributed by atoms with E-state index in [2.05, 4.69) is 10.6 Å². The quantitative estimate of drug-likeness (QED) is 0.741. The summed E-state index contributed by atoms with van der Waals surface area (Å²) in [6.07, 6.45) is 1.29. The number of benzene rings is 1. The Labute approximate surface area is 107 Å². The number of nitrogens with two attached hydrogens (primary N) is 1. The van der Waals surface area contributed by atoms with Crippen LogP contribution < -0.4 is 16.4 Å². The fourth-order valence-corrected chi connectivity index (χ4v) is 1.49. The minimum Gasteiger partial charge on any atom is -0.326 e. The third-order valence-electron chi connectivity index (χ3n) is 2.46. The van der Waals surface area contributed by atoms with E-state index >= 15 is 0 Å². The molecule has 0 atom stereocenters. The van der Waals surface area contributed by atoms with Gasteiger partial charge in [0, 0.05) is 17.8 Å². The van der Waals surface area contributed by atoms with Gasteiger partial charge in [0.1, 0.15) is 0 Å². The number of hydrogen-bond acceptors (Lipinski definition) is 3. The molecule has 0 unspecified atom stereocenters. The SMILES string of the molecule is CCCC(=O)Nc1cc(NC(=O)CN)ccc1C. The van der Waals surface area contributed by atoms with Crippen molar-refractivity contribution in [2.45, 2.75) is 26.7 Å². The molecular formula is C13H19N3O2. The van der Waals surface area contributed by atoms with Gasteiger partial charge in [0.2, 0.25) is 11.8 Å². The molecule has 0 spiro atoms. The molecule has 5 nitrogen and oxygen atoms in total. The van der Waals surface area contributed by atoms with Gasteiger partial charge in [-0.3, -0.25) is 9.59 Å². The van der Waals surface area contributed by atoms with Crippen molar-refractivity contribution in [3.63, 3.8) is 0 Å². The van der Waals surface area contributed by atoms with Crippen molar-refractivity contribution in [2.75, 3.05) is 17.2 Å². The molecule has 4 N–H and O–H groups in total. The minimum atomic E-state index is -0.260. The monoisotopic (exact) mass is 249 g/mol. The number of aryl methyl sites for hydroxylation is 1. The Balaban J connectivity index is 2.80. The van der Waals surface area contributed by atoms with Gasteiger partial charge in [0.25, 0.3) is 0 Å². The van der Waals surface area contributed by atoms with Crippen molar-refractivity contribution in [2.24, 2.45) is 5.73 Å². The Morgan fingerprint density at radius 2 is 1.94 bits per heavy atom. The van der Waals surface area contributed by atoms with E-state index in [1.54, 1.807) is 12.1 Å². The van der Waals surface area contributed by atoms with Crippen LogP contribution in [0.5, 0.6) is 0 Å². The van der Waals surface area contributed by atoms with Crippen LogP contribution in [0, 0.1) is 6.92 Å². The highest BCUT2D eigenvalue weighted by atomic mass is 16.2. The first-order valence-corrected chi connectivity index (χ1v) is 5.97. The summed E-state index contributed by atoms with van der Waals surface area (Å²) >= 11 is 0. The van der Waals surface area contributed by atoms with Gasteiger partial charge < -0.3 is 16.4 Å². The van der Waals surface area contributed by atoms with Crippen LogP contribution in [-0.2, 0) is 9.59 Å². The highest BCUT2D eigenvalue weighted by Gasteiger charge is 2.06. The number of carbonyl (C=O) groups excluding carboxylic acids is 2. The molecule has 1 aromatic rings. The molecule has 0 aliphatic carbocycles. The Morgan fingerprint density at radius 3 is 2.56 bits per heavy atom. The first-order chi connectivity index (χ1) is 8.56. The lowest BCUT2D eigenvalue weighted by molar-refractivity contribution is -0.116. The molecule has 18 heavy (non-hydrogen) atoms. The van der Waals surface area contributed by atoms with Crippen molar-refractivity contribution in [3.8, 4) is 0 Å². The van der Waals surface area contributed by atoms with Gasteiger partial charge in [-0.1, -0.05) is 13.0 Å². The van der Waals surface area contributed by atoms with Gasteiger partial charge in [-0.15, -0.1) is 0 Å². The van der Waals surface area contributed by atoms with E-state index in [4.69, 9.17) is 5.73 Å². The van der Waals surface area contributed by atoms with E-state index in [-0.39, 0.29) is 18.4 Å². The Kier molecular flexibility index (Phi) is 5.32.